The lowest BCUT2D eigenvalue weighted by Crippen LogP contribution is -2.47. The molecule has 8 heteroatoms. The Kier molecular flexibility index (Phi) is 6.34. The zero-order valence-electron chi connectivity index (χ0n) is 18.6. The fourth-order valence-corrected chi connectivity index (χ4v) is 4.83. The maximum atomic E-state index is 10.5. The number of fused-ring (bicyclic) bond motifs is 1. The van der Waals surface area contributed by atoms with Crippen molar-refractivity contribution in [2.24, 2.45) is 10.7 Å². The van der Waals surface area contributed by atoms with Crippen LogP contribution >= 0.6 is 11.3 Å². The standard InChI is InChI=1S/C24H29N5O2S/c1-4-26-22(21(25)29-15-7-10-20(29)24(2,3)30)31-17-13-11-16(12-14-17)27-23-28-18-8-5-6-9-19(18)32-23/h4-6,8-9,11-14,20,30H,7,10,15,25H2,1-3H3,(H,27,28)/b22-21-,26-4-. The maximum absolute atomic E-state index is 10.5. The molecule has 1 aliphatic heterocycles. The highest BCUT2D eigenvalue weighted by Gasteiger charge is 2.37. The van der Waals surface area contributed by atoms with Crippen LogP contribution in [0.4, 0.5) is 10.8 Å². The summed E-state index contributed by atoms with van der Waals surface area (Å²) in [7, 11) is 0. The fraction of sp³-hybridized carbons (Fsp3) is 0.333. The molecule has 1 aromatic heterocycles. The maximum Gasteiger partial charge on any atom is 0.260 e. The van der Waals surface area contributed by atoms with E-state index in [-0.39, 0.29) is 6.04 Å². The van der Waals surface area contributed by atoms with Gasteiger partial charge in [0.15, 0.2) is 11.0 Å². The molecule has 0 spiro atoms. The normalized spacial score (nSPS) is 17.8. The zero-order chi connectivity index (χ0) is 22.7. The summed E-state index contributed by atoms with van der Waals surface area (Å²) in [6.45, 7) is 6.20. The van der Waals surface area contributed by atoms with Gasteiger partial charge < -0.3 is 25.8 Å². The third-order valence-electron chi connectivity index (χ3n) is 5.46. The molecular formula is C24H29N5O2S. The molecule has 1 saturated heterocycles. The van der Waals surface area contributed by atoms with Crippen LogP contribution in [0.1, 0.15) is 33.6 Å². The first-order valence-electron chi connectivity index (χ1n) is 10.7. The number of nitrogens with one attached hydrogen (secondary N) is 1. The molecule has 4 rings (SSSR count). The number of para-hydroxylation sites is 1. The third-order valence-corrected chi connectivity index (χ3v) is 6.41. The number of thiazole rings is 1. The van der Waals surface area contributed by atoms with Gasteiger partial charge in [-0.15, -0.1) is 0 Å². The monoisotopic (exact) mass is 451 g/mol. The Morgan fingerprint density at radius 3 is 2.72 bits per heavy atom. The minimum Gasteiger partial charge on any atom is -0.436 e. The van der Waals surface area contributed by atoms with Gasteiger partial charge in [0, 0.05) is 18.4 Å². The third kappa shape index (κ3) is 4.87. The van der Waals surface area contributed by atoms with E-state index in [1.165, 1.54) is 0 Å². The number of nitrogens with zero attached hydrogens (tertiary/aromatic N) is 3. The van der Waals surface area contributed by atoms with Gasteiger partial charge in [0.05, 0.1) is 21.9 Å². The van der Waals surface area contributed by atoms with E-state index in [0.29, 0.717) is 17.5 Å². The number of ether oxygens (including phenoxy) is 1. The van der Waals surface area contributed by atoms with Gasteiger partial charge in [-0.2, -0.15) is 0 Å². The second-order valence-electron chi connectivity index (χ2n) is 8.32. The number of nitrogens with two attached hydrogens (primary N) is 1. The van der Waals surface area contributed by atoms with Crippen LogP contribution in [0, 0.1) is 0 Å². The number of likely N-dealkylation sites (tertiary alicyclic amines) is 1. The number of aliphatic hydroxyl groups is 1. The van der Waals surface area contributed by atoms with Crippen LogP contribution in [-0.4, -0.2) is 39.4 Å². The first-order chi connectivity index (χ1) is 15.3. The van der Waals surface area contributed by atoms with E-state index in [4.69, 9.17) is 10.5 Å². The molecule has 1 atom stereocenters. The van der Waals surface area contributed by atoms with Crippen LogP contribution in [0.3, 0.4) is 0 Å². The van der Waals surface area contributed by atoms with E-state index >= 15 is 0 Å². The molecule has 168 valence electrons. The molecule has 0 amide bonds. The molecule has 1 fully saturated rings. The summed E-state index contributed by atoms with van der Waals surface area (Å²) in [6, 6.07) is 15.6. The van der Waals surface area contributed by atoms with Crippen molar-refractivity contribution < 1.29 is 9.84 Å². The van der Waals surface area contributed by atoms with Crippen LogP contribution in [-0.2, 0) is 0 Å². The summed E-state index contributed by atoms with van der Waals surface area (Å²) >= 11 is 1.61. The quantitative estimate of drug-likeness (QED) is 0.352. The van der Waals surface area contributed by atoms with Crippen LogP contribution in [0.25, 0.3) is 10.2 Å². The van der Waals surface area contributed by atoms with E-state index < -0.39 is 5.60 Å². The summed E-state index contributed by atoms with van der Waals surface area (Å²) in [6.07, 6.45) is 3.49. The molecular weight excluding hydrogens is 422 g/mol. The first kappa shape index (κ1) is 22.1. The lowest BCUT2D eigenvalue weighted by atomic mass is 9.97. The van der Waals surface area contributed by atoms with Crippen molar-refractivity contribution in [2.75, 3.05) is 11.9 Å². The van der Waals surface area contributed by atoms with Gasteiger partial charge >= 0.3 is 0 Å². The van der Waals surface area contributed by atoms with E-state index in [9.17, 15) is 5.11 Å². The molecule has 0 radical (unpaired) electrons. The Labute approximate surface area is 192 Å². The SMILES string of the molecule is C/C=N\C(Oc1ccc(Nc2nc3ccccc3s2)cc1)=C(/N)N1CCCC1C(C)(C)O. The second-order valence-corrected chi connectivity index (χ2v) is 9.35. The van der Waals surface area contributed by atoms with Crippen LogP contribution < -0.4 is 15.8 Å². The van der Waals surface area contributed by atoms with Gasteiger partial charge in [0.25, 0.3) is 5.88 Å². The van der Waals surface area contributed by atoms with Crippen LogP contribution in [0.2, 0.25) is 0 Å². The largest absolute Gasteiger partial charge is 0.436 e. The van der Waals surface area contributed by atoms with Crippen LogP contribution in [0.5, 0.6) is 5.75 Å². The Hall–Kier alpha value is -3.10. The predicted molar refractivity (Wildman–Crippen MR) is 131 cm³/mol. The lowest BCUT2D eigenvalue weighted by molar-refractivity contribution is 0.00681. The Morgan fingerprint density at radius 2 is 2.03 bits per heavy atom. The molecule has 1 aliphatic rings. The van der Waals surface area contributed by atoms with Crippen molar-refractivity contribution in [1.29, 1.82) is 0 Å². The first-order valence-corrected chi connectivity index (χ1v) is 11.5. The summed E-state index contributed by atoms with van der Waals surface area (Å²) in [5.41, 5.74) is 7.48. The fourth-order valence-electron chi connectivity index (χ4n) is 3.94. The van der Waals surface area contributed by atoms with Crippen LogP contribution in [0.15, 0.2) is 65.2 Å². The highest BCUT2D eigenvalue weighted by atomic mass is 32.1. The summed E-state index contributed by atoms with van der Waals surface area (Å²) in [4.78, 5) is 11.0. The molecule has 0 saturated carbocycles. The molecule has 0 aliphatic carbocycles. The number of hydrogen-bond donors (Lipinski definition) is 3. The van der Waals surface area contributed by atoms with Crippen molar-refractivity contribution in [3.63, 3.8) is 0 Å². The number of aliphatic imine (C=N–C) groups is 1. The highest BCUT2D eigenvalue weighted by molar-refractivity contribution is 7.22. The number of aromatic nitrogens is 1. The Morgan fingerprint density at radius 1 is 1.28 bits per heavy atom. The average molecular weight is 452 g/mol. The second kappa shape index (κ2) is 9.18. The van der Waals surface area contributed by atoms with E-state index in [0.717, 1.165) is 40.4 Å². The predicted octanol–water partition coefficient (Wildman–Crippen LogP) is 4.83. The smallest absolute Gasteiger partial charge is 0.260 e. The summed E-state index contributed by atoms with van der Waals surface area (Å²) < 4.78 is 7.18. The van der Waals surface area contributed by atoms with Gasteiger partial charge in [-0.3, -0.25) is 0 Å². The minimum absolute atomic E-state index is 0.0754. The van der Waals surface area contributed by atoms with Gasteiger partial charge in [-0.1, -0.05) is 23.5 Å². The summed E-state index contributed by atoms with van der Waals surface area (Å²) in [5.74, 6) is 1.39. The van der Waals surface area contributed by atoms with E-state index in [1.807, 2.05) is 68.1 Å². The summed E-state index contributed by atoms with van der Waals surface area (Å²) in [5, 5.41) is 14.7. The molecule has 2 heterocycles. The topological polar surface area (TPSA) is 96.0 Å². The zero-order valence-corrected chi connectivity index (χ0v) is 19.4. The van der Waals surface area contributed by atoms with Crippen molar-refractivity contribution in [3.8, 4) is 5.75 Å². The lowest BCUT2D eigenvalue weighted by Gasteiger charge is -2.35. The van der Waals surface area contributed by atoms with E-state index in [2.05, 4.69) is 21.4 Å². The minimum atomic E-state index is -0.865. The molecule has 2 aromatic carbocycles. The highest BCUT2D eigenvalue weighted by Crippen LogP contribution is 2.31. The van der Waals surface area contributed by atoms with Gasteiger partial charge in [-0.25, -0.2) is 9.98 Å². The molecule has 3 aromatic rings. The molecule has 4 N–H and O–H groups in total. The number of hydrogen-bond acceptors (Lipinski definition) is 8. The molecule has 0 bridgehead atoms. The van der Waals surface area contributed by atoms with Crippen molar-refractivity contribution in [1.82, 2.24) is 9.88 Å². The number of rotatable bonds is 7. The molecule has 32 heavy (non-hydrogen) atoms. The van der Waals surface area contributed by atoms with Crippen molar-refractivity contribution in [3.05, 3.63) is 60.2 Å². The molecule has 7 nitrogen and oxygen atoms in total. The molecule has 1 unspecified atom stereocenters. The van der Waals surface area contributed by atoms with Crippen molar-refractivity contribution >= 4 is 38.6 Å². The number of anilines is 2. The van der Waals surface area contributed by atoms with Gasteiger partial charge in [0.2, 0.25) is 0 Å². The van der Waals surface area contributed by atoms with Crippen molar-refractivity contribution in [2.45, 2.75) is 45.3 Å². The number of benzene rings is 2. The Bertz CT molecular complexity index is 1100. The van der Waals surface area contributed by atoms with Gasteiger partial charge in [0.1, 0.15) is 5.75 Å². The van der Waals surface area contributed by atoms with Gasteiger partial charge in [-0.05, 0) is 70.0 Å². The Balaban J connectivity index is 1.50. The van der Waals surface area contributed by atoms with E-state index in [1.54, 1.807) is 17.6 Å². The average Bonchev–Trinajstić information content (AvgIpc) is 3.41.